The number of rotatable bonds is 7. The third-order valence-electron chi connectivity index (χ3n) is 4.84. The van der Waals surface area contributed by atoms with Gasteiger partial charge in [0.2, 0.25) is 0 Å². The monoisotopic (exact) mass is 656 g/mol. The average Bonchev–Trinajstić information content (AvgIpc) is 2.87. The third kappa shape index (κ3) is 6.54. The summed E-state index contributed by atoms with van der Waals surface area (Å²) in [4.78, 5) is 25.9. The molecule has 0 spiro atoms. The molecule has 182 valence electrons. The Labute approximate surface area is 227 Å². The van der Waals surface area contributed by atoms with Crippen molar-refractivity contribution in [3.63, 3.8) is 0 Å². The summed E-state index contributed by atoms with van der Waals surface area (Å²) < 4.78 is 28.6. The van der Waals surface area contributed by atoms with E-state index in [1.54, 1.807) is 24.3 Å². The number of benzene rings is 4. The molecular weight excluding hydrogens is 639 g/mol. The first kappa shape index (κ1) is 26.4. The van der Waals surface area contributed by atoms with Gasteiger partial charge >= 0.3 is 228 Å². The molecule has 2 amide bonds. The van der Waals surface area contributed by atoms with Crippen LogP contribution in [0.25, 0.3) is 0 Å². The SMILES string of the molecule is O=C(Nc1ccc(F)c(Cl)c1)c1ccccc1[Se][Se]c1ccccc1C(=O)Nc1ccc(F)c(Cl)c1. The Hall–Kier alpha value is -2.70. The zero-order chi connectivity index (χ0) is 25.7. The van der Waals surface area contributed by atoms with Crippen molar-refractivity contribution in [3.05, 3.63) is 118 Å². The van der Waals surface area contributed by atoms with Gasteiger partial charge in [-0.2, -0.15) is 0 Å². The van der Waals surface area contributed by atoms with Crippen LogP contribution in [0, 0.1) is 11.6 Å². The van der Waals surface area contributed by atoms with Crippen molar-refractivity contribution in [3.8, 4) is 0 Å². The third-order valence-corrected chi connectivity index (χ3v) is 12.7. The quantitative estimate of drug-likeness (QED) is 0.274. The van der Waals surface area contributed by atoms with Crippen molar-refractivity contribution in [1.82, 2.24) is 0 Å². The molecular formula is C26H16Cl2F2N2O2Se2. The minimum atomic E-state index is -0.564. The Kier molecular flexibility index (Phi) is 8.81. The van der Waals surface area contributed by atoms with E-state index in [1.807, 2.05) is 24.3 Å². The van der Waals surface area contributed by atoms with Gasteiger partial charge < -0.3 is 0 Å². The minimum absolute atomic E-state index is 0.0774. The zero-order valence-electron chi connectivity index (χ0n) is 18.2. The van der Waals surface area contributed by atoms with Gasteiger partial charge in [-0.15, -0.1) is 0 Å². The molecule has 0 fully saturated rings. The number of carbonyl (C=O) groups is 2. The first-order valence-electron chi connectivity index (χ1n) is 10.4. The summed E-state index contributed by atoms with van der Waals surface area (Å²) in [6.07, 6.45) is 0. The van der Waals surface area contributed by atoms with Crippen molar-refractivity contribution in [2.75, 3.05) is 10.6 Å². The van der Waals surface area contributed by atoms with Gasteiger partial charge in [0.1, 0.15) is 0 Å². The van der Waals surface area contributed by atoms with E-state index in [4.69, 9.17) is 23.2 Å². The Morgan fingerprint density at radius 2 is 1.00 bits per heavy atom. The summed E-state index contributed by atoms with van der Waals surface area (Å²) in [7, 11) is 0. The van der Waals surface area contributed by atoms with Gasteiger partial charge in [0, 0.05) is 0 Å². The number of halogens is 4. The van der Waals surface area contributed by atoms with Gasteiger partial charge in [-0.1, -0.05) is 0 Å². The predicted molar refractivity (Wildman–Crippen MR) is 142 cm³/mol. The van der Waals surface area contributed by atoms with E-state index in [-0.39, 0.29) is 48.1 Å². The number of amides is 2. The van der Waals surface area contributed by atoms with Crippen LogP contribution in [0.15, 0.2) is 84.9 Å². The number of anilines is 2. The van der Waals surface area contributed by atoms with Crippen LogP contribution in [0.1, 0.15) is 20.7 Å². The average molecular weight is 655 g/mol. The maximum atomic E-state index is 13.4. The van der Waals surface area contributed by atoms with E-state index < -0.39 is 11.6 Å². The van der Waals surface area contributed by atoms with E-state index in [9.17, 15) is 18.4 Å². The van der Waals surface area contributed by atoms with Gasteiger partial charge in [-0.25, -0.2) is 0 Å². The van der Waals surface area contributed by atoms with Crippen molar-refractivity contribution < 1.29 is 18.4 Å². The molecule has 10 heteroatoms. The second-order valence-corrected chi connectivity index (χ2v) is 14.3. The number of nitrogens with one attached hydrogen (secondary N) is 2. The van der Waals surface area contributed by atoms with Gasteiger partial charge in [0.25, 0.3) is 0 Å². The van der Waals surface area contributed by atoms with Crippen LogP contribution in [0.3, 0.4) is 0 Å². The molecule has 0 bridgehead atoms. The van der Waals surface area contributed by atoms with Crippen LogP contribution in [-0.2, 0) is 0 Å². The molecule has 4 nitrogen and oxygen atoms in total. The molecule has 4 aromatic carbocycles. The first-order valence-corrected chi connectivity index (χ1v) is 17.2. The molecule has 0 saturated heterocycles. The fraction of sp³-hybridized carbons (Fsp3) is 0. The Morgan fingerprint density at radius 1 is 0.611 bits per heavy atom. The topological polar surface area (TPSA) is 58.2 Å². The molecule has 0 saturated carbocycles. The zero-order valence-corrected chi connectivity index (χ0v) is 23.2. The number of carbonyl (C=O) groups excluding carboxylic acids is 2. The summed E-state index contributed by atoms with van der Waals surface area (Å²) in [5, 5.41) is 5.36. The molecule has 0 aliphatic carbocycles. The van der Waals surface area contributed by atoms with E-state index in [2.05, 4.69) is 10.6 Å². The molecule has 4 aromatic rings. The molecule has 0 aromatic heterocycles. The van der Waals surface area contributed by atoms with Crippen LogP contribution in [0.5, 0.6) is 0 Å². The van der Waals surface area contributed by atoms with Gasteiger partial charge in [-0.3, -0.25) is 0 Å². The second-order valence-electron chi connectivity index (χ2n) is 7.33. The number of hydrogen-bond donors (Lipinski definition) is 2. The van der Waals surface area contributed by atoms with Crippen molar-refractivity contribution >= 4 is 81.6 Å². The summed E-state index contributed by atoms with van der Waals surface area (Å²) in [6, 6.07) is 22.5. The van der Waals surface area contributed by atoms with Crippen molar-refractivity contribution in [2.24, 2.45) is 0 Å². The second kappa shape index (κ2) is 12.0. The molecule has 2 N–H and O–H groups in total. The van der Waals surface area contributed by atoms with Crippen LogP contribution < -0.4 is 19.6 Å². The predicted octanol–water partition coefficient (Wildman–Crippen LogP) is 5.05. The van der Waals surface area contributed by atoms with E-state index in [0.29, 0.717) is 22.5 Å². The molecule has 0 aliphatic rings. The van der Waals surface area contributed by atoms with E-state index in [1.165, 1.54) is 36.4 Å². The first-order chi connectivity index (χ1) is 17.3. The fourth-order valence-corrected chi connectivity index (χ4v) is 10.6. The summed E-state index contributed by atoms with van der Waals surface area (Å²) in [6.45, 7) is 0. The standard InChI is InChI=1S/C26H16Cl2F2N2O2Se2/c27-19-13-15(9-11-21(19)29)31-25(33)17-5-1-3-7-23(17)35-36-24-8-4-2-6-18(24)26(34)32-16-10-12-22(30)20(28)14-16/h1-14H,(H,31,33)(H,32,34). The van der Waals surface area contributed by atoms with Crippen LogP contribution in [0.4, 0.5) is 20.2 Å². The van der Waals surface area contributed by atoms with Crippen molar-refractivity contribution in [2.45, 2.75) is 0 Å². The fourth-order valence-electron chi connectivity index (χ4n) is 3.09. The molecule has 0 aliphatic heterocycles. The Balaban J connectivity index is 1.49. The number of hydrogen-bond acceptors (Lipinski definition) is 2. The van der Waals surface area contributed by atoms with E-state index in [0.717, 1.165) is 8.92 Å². The van der Waals surface area contributed by atoms with Gasteiger partial charge in [-0.05, 0) is 0 Å². The molecule has 0 atom stereocenters. The van der Waals surface area contributed by atoms with Crippen LogP contribution >= 0.6 is 23.2 Å². The summed E-state index contributed by atoms with van der Waals surface area (Å²) >= 11 is 11.4. The summed E-state index contributed by atoms with van der Waals surface area (Å²) in [5.74, 6) is -1.78. The van der Waals surface area contributed by atoms with Crippen LogP contribution in [0.2, 0.25) is 10.0 Å². The molecule has 4 rings (SSSR count). The summed E-state index contributed by atoms with van der Waals surface area (Å²) in [5.41, 5.74) is 1.79. The van der Waals surface area contributed by atoms with Gasteiger partial charge in [0.15, 0.2) is 0 Å². The van der Waals surface area contributed by atoms with Crippen LogP contribution in [-0.4, -0.2) is 38.1 Å². The van der Waals surface area contributed by atoms with Crippen molar-refractivity contribution in [1.29, 1.82) is 0 Å². The molecule has 0 heterocycles. The maximum absolute atomic E-state index is 13.4. The molecule has 0 radical (unpaired) electrons. The molecule has 0 unspecified atom stereocenters. The van der Waals surface area contributed by atoms with Gasteiger partial charge in [0.05, 0.1) is 0 Å². The van der Waals surface area contributed by atoms with E-state index >= 15 is 0 Å². The Bertz CT molecular complexity index is 1340. The molecule has 36 heavy (non-hydrogen) atoms. The Morgan fingerprint density at radius 3 is 1.39 bits per heavy atom. The normalized spacial score (nSPS) is 10.7.